The molecular weight excluding hydrogens is 490 g/mol. The van der Waals surface area contributed by atoms with Crippen molar-refractivity contribution >= 4 is 17.2 Å². The molecule has 7 nitrogen and oxygen atoms in total. The number of carbonyl (C=O) groups excluding carboxylic acids is 1. The van der Waals surface area contributed by atoms with Gasteiger partial charge in [-0.2, -0.15) is 13.2 Å². The lowest BCUT2D eigenvalue weighted by atomic mass is 9.94. The minimum absolute atomic E-state index is 0.0197. The number of anilines is 1. The lowest BCUT2D eigenvalue weighted by molar-refractivity contribution is -0.141. The third-order valence-electron chi connectivity index (χ3n) is 6.99. The highest BCUT2D eigenvalue weighted by atomic mass is 19.4. The lowest BCUT2D eigenvalue weighted by Gasteiger charge is -2.30. The number of fused-ring (bicyclic) bond motifs is 2. The van der Waals surface area contributed by atoms with Crippen LogP contribution in [0.2, 0.25) is 0 Å². The number of ether oxygens (including phenoxy) is 1. The molecular formula is C26H29F4N5O2. The monoisotopic (exact) mass is 519 g/mol. The van der Waals surface area contributed by atoms with Crippen LogP contribution in [0.1, 0.15) is 22.3 Å². The normalized spacial score (nSPS) is 20.3. The number of alkyl halides is 4. The van der Waals surface area contributed by atoms with Crippen molar-refractivity contribution in [2.45, 2.75) is 24.7 Å². The minimum Gasteiger partial charge on any atom is -0.496 e. The van der Waals surface area contributed by atoms with Crippen molar-refractivity contribution < 1.29 is 27.1 Å². The Morgan fingerprint density at radius 3 is 2.68 bits per heavy atom. The van der Waals surface area contributed by atoms with Gasteiger partial charge in [0.25, 0.3) is 5.91 Å². The molecule has 1 unspecified atom stereocenters. The van der Waals surface area contributed by atoms with Crippen LogP contribution in [0.3, 0.4) is 0 Å². The molecule has 5 rings (SSSR count). The van der Waals surface area contributed by atoms with E-state index in [0.29, 0.717) is 37.3 Å². The molecule has 1 aromatic carbocycles. The molecule has 1 fully saturated rings. The van der Waals surface area contributed by atoms with Crippen LogP contribution in [0.5, 0.6) is 5.75 Å². The van der Waals surface area contributed by atoms with Crippen LogP contribution in [-0.2, 0) is 6.42 Å². The molecule has 0 radical (unpaired) electrons. The van der Waals surface area contributed by atoms with E-state index in [2.05, 4.69) is 4.98 Å². The second-order valence-corrected chi connectivity index (χ2v) is 10.1. The highest BCUT2D eigenvalue weighted by Gasteiger charge is 2.39. The maximum Gasteiger partial charge on any atom is 0.406 e. The fraction of sp³-hybridized carbons (Fsp3) is 0.462. The molecule has 3 aromatic rings. The summed E-state index contributed by atoms with van der Waals surface area (Å²) in [4.78, 5) is 22.1. The van der Waals surface area contributed by atoms with Crippen LogP contribution in [-0.4, -0.2) is 90.9 Å². The number of nitrogens with zero attached hydrogens (tertiary/aromatic N) is 5. The van der Waals surface area contributed by atoms with E-state index in [4.69, 9.17) is 4.74 Å². The molecule has 2 aliphatic rings. The van der Waals surface area contributed by atoms with Gasteiger partial charge in [-0.15, -0.1) is 0 Å². The van der Waals surface area contributed by atoms with Crippen molar-refractivity contribution in [2.75, 3.05) is 58.8 Å². The Hall–Kier alpha value is -3.34. The summed E-state index contributed by atoms with van der Waals surface area (Å²) in [6.45, 7) is -0.00263. The average Bonchev–Trinajstić information content (AvgIpc) is 3.42. The maximum atomic E-state index is 15.2. The van der Waals surface area contributed by atoms with E-state index in [1.54, 1.807) is 12.3 Å². The van der Waals surface area contributed by atoms with Gasteiger partial charge in [-0.3, -0.25) is 9.20 Å². The largest absolute Gasteiger partial charge is 0.496 e. The van der Waals surface area contributed by atoms with Crippen LogP contribution in [0, 0.1) is 0 Å². The zero-order valence-corrected chi connectivity index (χ0v) is 21.0. The van der Waals surface area contributed by atoms with Gasteiger partial charge < -0.3 is 19.4 Å². The van der Waals surface area contributed by atoms with Crippen molar-refractivity contribution in [3.63, 3.8) is 0 Å². The molecule has 0 bridgehead atoms. The third kappa shape index (κ3) is 4.96. The molecule has 2 aliphatic heterocycles. The Labute approximate surface area is 212 Å². The number of amides is 1. The van der Waals surface area contributed by atoms with Gasteiger partial charge in [0, 0.05) is 49.6 Å². The number of carbonyl (C=O) groups is 1. The first-order valence-corrected chi connectivity index (χ1v) is 12.1. The molecule has 1 amide bonds. The fourth-order valence-electron chi connectivity index (χ4n) is 5.44. The summed E-state index contributed by atoms with van der Waals surface area (Å²) >= 11 is 0. The Morgan fingerprint density at radius 2 is 1.97 bits per heavy atom. The average molecular weight is 520 g/mol. The van der Waals surface area contributed by atoms with E-state index in [1.165, 1.54) is 7.11 Å². The summed E-state index contributed by atoms with van der Waals surface area (Å²) in [7, 11) is 5.13. The van der Waals surface area contributed by atoms with E-state index in [1.807, 2.05) is 52.7 Å². The summed E-state index contributed by atoms with van der Waals surface area (Å²) in [5, 5.41) is 0. The zero-order valence-electron chi connectivity index (χ0n) is 21.0. The van der Waals surface area contributed by atoms with Gasteiger partial charge in [0.2, 0.25) is 0 Å². The van der Waals surface area contributed by atoms with E-state index >= 15 is 4.39 Å². The van der Waals surface area contributed by atoms with Crippen LogP contribution < -0.4 is 9.64 Å². The van der Waals surface area contributed by atoms with Gasteiger partial charge in [0.1, 0.15) is 23.6 Å². The molecule has 0 aliphatic carbocycles. The predicted octanol–water partition coefficient (Wildman–Crippen LogP) is 4.05. The highest BCUT2D eigenvalue weighted by molar-refractivity contribution is 6.00. The topological polar surface area (TPSA) is 53.3 Å². The molecule has 2 aromatic heterocycles. The third-order valence-corrected chi connectivity index (χ3v) is 6.99. The number of rotatable bonds is 6. The number of pyridine rings is 1. The van der Waals surface area contributed by atoms with Crippen molar-refractivity contribution in [1.29, 1.82) is 0 Å². The van der Waals surface area contributed by atoms with E-state index in [0.717, 1.165) is 21.8 Å². The number of hydrogen-bond donors (Lipinski definition) is 0. The predicted molar refractivity (Wildman–Crippen MR) is 132 cm³/mol. The molecule has 0 N–H and O–H groups in total. The van der Waals surface area contributed by atoms with Gasteiger partial charge in [0.05, 0.1) is 31.1 Å². The number of hydrogen-bond acceptors (Lipinski definition) is 5. The number of methoxy groups -OCH3 is 1. The second-order valence-electron chi connectivity index (χ2n) is 10.1. The smallest absolute Gasteiger partial charge is 0.406 e. The number of imidazole rings is 1. The first kappa shape index (κ1) is 25.3. The van der Waals surface area contributed by atoms with Crippen molar-refractivity contribution in [3.05, 3.63) is 47.8 Å². The van der Waals surface area contributed by atoms with Crippen molar-refractivity contribution in [1.82, 2.24) is 19.2 Å². The van der Waals surface area contributed by atoms with Gasteiger partial charge in [-0.05, 0) is 44.3 Å². The number of halogens is 4. The fourth-order valence-corrected chi connectivity index (χ4v) is 5.44. The number of benzene rings is 1. The number of aromatic nitrogens is 2. The lowest BCUT2D eigenvalue weighted by Crippen LogP contribution is -2.43. The second kappa shape index (κ2) is 9.20. The van der Waals surface area contributed by atoms with Crippen LogP contribution >= 0.6 is 0 Å². The SMILES string of the molecule is COc1cc(-c2cnc3cc(N4CCC(F)(CN(C)C)C4)ccn23)cc2c1C(=O)N(CC(F)(F)F)CC2. The maximum absolute atomic E-state index is 15.2. The molecule has 11 heteroatoms. The standard InChI is InChI=1S/C26H29F4N5O2/c1-32(2)14-25(27)6-9-33(15-25)19-5-8-35-20(13-31-22(35)12-19)18-10-17-4-7-34(16-26(28,29)30)24(36)23(17)21(11-18)37-3/h5,8,10-13H,4,6-7,9,14-16H2,1-3H3. The summed E-state index contributed by atoms with van der Waals surface area (Å²) in [6.07, 6.45) is -0.141. The van der Waals surface area contributed by atoms with E-state index < -0.39 is 24.3 Å². The summed E-state index contributed by atoms with van der Waals surface area (Å²) in [6, 6.07) is 7.31. The Morgan fingerprint density at radius 1 is 1.19 bits per heavy atom. The Bertz CT molecular complexity index is 1320. The van der Waals surface area contributed by atoms with E-state index in [-0.39, 0.29) is 24.3 Å². The first-order chi connectivity index (χ1) is 17.5. The van der Waals surface area contributed by atoms with Crippen LogP contribution in [0.25, 0.3) is 16.9 Å². The molecule has 1 saturated heterocycles. The molecule has 4 heterocycles. The van der Waals surface area contributed by atoms with Crippen LogP contribution in [0.4, 0.5) is 23.2 Å². The van der Waals surface area contributed by atoms with E-state index in [9.17, 15) is 18.0 Å². The molecule has 1 atom stereocenters. The summed E-state index contributed by atoms with van der Waals surface area (Å²) in [5.74, 6) is -0.457. The van der Waals surface area contributed by atoms with Gasteiger partial charge in [-0.25, -0.2) is 9.37 Å². The molecule has 0 saturated carbocycles. The van der Waals surface area contributed by atoms with Gasteiger partial charge >= 0.3 is 6.18 Å². The van der Waals surface area contributed by atoms with Crippen molar-refractivity contribution in [3.8, 4) is 17.0 Å². The van der Waals surface area contributed by atoms with Gasteiger partial charge in [0.15, 0.2) is 0 Å². The van der Waals surface area contributed by atoms with Gasteiger partial charge in [-0.1, -0.05) is 0 Å². The minimum atomic E-state index is -4.47. The summed E-state index contributed by atoms with van der Waals surface area (Å²) < 4.78 is 61.3. The highest BCUT2D eigenvalue weighted by Crippen LogP contribution is 2.36. The Kier molecular flexibility index (Phi) is 6.29. The molecule has 198 valence electrons. The molecule has 0 spiro atoms. The summed E-state index contributed by atoms with van der Waals surface area (Å²) in [5.41, 5.74) is 2.61. The first-order valence-electron chi connectivity index (χ1n) is 12.1. The molecule has 37 heavy (non-hydrogen) atoms. The van der Waals surface area contributed by atoms with Crippen LogP contribution in [0.15, 0.2) is 36.7 Å². The Balaban J connectivity index is 1.44. The van der Waals surface area contributed by atoms with Crippen molar-refractivity contribution in [2.24, 2.45) is 0 Å². The quantitative estimate of drug-likeness (QED) is 0.460. The zero-order chi connectivity index (χ0) is 26.5.